The molecule has 1 unspecified atom stereocenters. The Bertz CT molecular complexity index is 692. The van der Waals surface area contributed by atoms with E-state index in [0.717, 1.165) is 28.6 Å². The molecular weight excluding hydrogens is 357 g/mol. The Morgan fingerprint density at radius 3 is 2.86 bits per heavy atom. The first-order valence-corrected chi connectivity index (χ1v) is 7.84. The molecule has 0 amide bonds. The van der Waals surface area contributed by atoms with Crippen LogP contribution in [-0.2, 0) is 6.42 Å². The summed E-state index contributed by atoms with van der Waals surface area (Å²) in [5.41, 5.74) is 2.53. The van der Waals surface area contributed by atoms with Crippen molar-refractivity contribution in [2.45, 2.75) is 18.9 Å². The number of fused-ring (bicyclic) bond motifs is 1. The largest absolute Gasteiger partial charge is 0.495 e. The van der Waals surface area contributed by atoms with Gasteiger partial charge in [-0.25, -0.2) is 4.39 Å². The number of methoxy groups -OCH3 is 1. The Labute approximate surface area is 136 Å². The summed E-state index contributed by atoms with van der Waals surface area (Å²) >= 11 is 9.79. The van der Waals surface area contributed by atoms with Crippen molar-refractivity contribution in [2.24, 2.45) is 0 Å². The monoisotopic (exact) mass is 369 g/mol. The molecule has 0 fully saturated rings. The molecule has 2 aromatic rings. The molecule has 5 heteroatoms. The van der Waals surface area contributed by atoms with Gasteiger partial charge < -0.3 is 10.1 Å². The summed E-state index contributed by atoms with van der Waals surface area (Å²) in [6.07, 6.45) is 1.56. The minimum Gasteiger partial charge on any atom is -0.495 e. The van der Waals surface area contributed by atoms with Gasteiger partial charge >= 0.3 is 0 Å². The number of ether oxygens (including phenoxy) is 1. The van der Waals surface area contributed by atoms with Gasteiger partial charge in [0.2, 0.25) is 0 Å². The molecule has 1 heterocycles. The van der Waals surface area contributed by atoms with Crippen molar-refractivity contribution < 1.29 is 9.13 Å². The van der Waals surface area contributed by atoms with E-state index < -0.39 is 0 Å². The lowest BCUT2D eigenvalue weighted by atomic mass is 9.93. The van der Waals surface area contributed by atoms with Crippen LogP contribution in [0, 0.1) is 5.82 Å². The summed E-state index contributed by atoms with van der Waals surface area (Å²) in [5.74, 6) is 0.517. The first-order chi connectivity index (χ1) is 10.1. The minimum absolute atomic E-state index is 0.0788. The van der Waals surface area contributed by atoms with Gasteiger partial charge in [0.05, 0.1) is 23.9 Å². The van der Waals surface area contributed by atoms with Crippen LogP contribution in [0.1, 0.15) is 23.6 Å². The average molecular weight is 371 g/mol. The van der Waals surface area contributed by atoms with Gasteiger partial charge in [-0.15, -0.1) is 0 Å². The third kappa shape index (κ3) is 2.62. The Kier molecular flexibility index (Phi) is 4.09. The van der Waals surface area contributed by atoms with E-state index >= 15 is 0 Å². The Morgan fingerprint density at radius 2 is 2.14 bits per heavy atom. The SMILES string of the molecule is COc1cc(Br)c(Cl)c2c1NC(c1ccccc1F)CC2. The van der Waals surface area contributed by atoms with Gasteiger partial charge in [0.25, 0.3) is 0 Å². The van der Waals surface area contributed by atoms with Crippen LogP contribution in [0.4, 0.5) is 10.1 Å². The number of rotatable bonds is 2. The molecule has 0 radical (unpaired) electrons. The number of anilines is 1. The Balaban J connectivity index is 2.03. The molecule has 1 aliphatic heterocycles. The van der Waals surface area contributed by atoms with E-state index in [9.17, 15) is 4.39 Å². The highest BCUT2D eigenvalue weighted by molar-refractivity contribution is 9.10. The topological polar surface area (TPSA) is 21.3 Å². The van der Waals surface area contributed by atoms with Crippen LogP contribution in [0.3, 0.4) is 0 Å². The molecule has 0 spiro atoms. The highest BCUT2D eigenvalue weighted by Gasteiger charge is 2.26. The summed E-state index contributed by atoms with van der Waals surface area (Å²) in [4.78, 5) is 0. The molecule has 0 aliphatic carbocycles. The molecule has 2 aromatic carbocycles. The number of hydrogen-bond donors (Lipinski definition) is 1. The van der Waals surface area contributed by atoms with Crippen LogP contribution in [0.2, 0.25) is 5.02 Å². The molecule has 0 saturated carbocycles. The molecule has 0 saturated heterocycles. The predicted molar refractivity (Wildman–Crippen MR) is 86.8 cm³/mol. The number of benzene rings is 2. The van der Waals surface area contributed by atoms with E-state index in [-0.39, 0.29) is 11.9 Å². The second kappa shape index (κ2) is 5.85. The van der Waals surface area contributed by atoms with E-state index in [4.69, 9.17) is 16.3 Å². The quantitative estimate of drug-likeness (QED) is 0.769. The Hall–Kier alpha value is -1.26. The van der Waals surface area contributed by atoms with Crippen LogP contribution in [0.25, 0.3) is 0 Å². The van der Waals surface area contributed by atoms with Gasteiger partial charge in [0.1, 0.15) is 11.6 Å². The molecular formula is C16H14BrClFNO. The first kappa shape index (κ1) is 14.7. The van der Waals surface area contributed by atoms with Gasteiger partial charge in [-0.2, -0.15) is 0 Å². The van der Waals surface area contributed by atoms with Gasteiger partial charge in [0, 0.05) is 10.0 Å². The van der Waals surface area contributed by atoms with E-state index in [1.165, 1.54) is 6.07 Å². The zero-order valence-corrected chi connectivity index (χ0v) is 13.8. The lowest BCUT2D eigenvalue weighted by Crippen LogP contribution is -2.20. The van der Waals surface area contributed by atoms with Gasteiger partial charge in [-0.1, -0.05) is 29.8 Å². The normalized spacial score (nSPS) is 17.0. The fourth-order valence-electron chi connectivity index (χ4n) is 2.73. The van der Waals surface area contributed by atoms with Crippen molar-refractivity contribution in [3.63, 3.8) is 0 Å². The summed E-state index contributed by atoms with van der Waals surface area (Å²) in [5, 5.41) is 4.06. The smallest absolute Gasteiger partial charge is 0.143 e. The lowest BCUT2D eigenvalue weighted by Gasteiger charge is -2.30. The van der Waals surface area contributed by atoms with Crippen molar-refractivity contribution in [1.29, 1.82) is 0 Å². The minimum atomic E-state index is -0.194. The lowest BCUT2D eigenvalue weighted by molar-refractivity contribution is 0.413. The molecule has 3 rings (SSSR count). The number of hydrogen-bond acceptors (Lipinski definition) is 2. The molecule has 1 atom stereocenters. The first-order valence-electron chi connectivity index (χ1n) is 6.67. The van der Waals surface area contributed by atoms with Crippen molar-refractivity contribution >= 4 is 33.2 Å². The number of halogens is 3. The van der Waals surface area contributed by atoms with E-state index in [2.05, 4.69) is 21.2 Å². The summed E-state index contributed by atoms with van der Waals surface area (Å²) in [7, 11) is 1.62. The third-order valence-corrected chi connectivity index (χ3v) is 5.07. The fraction of sp³-hybridized carbons (Fsp3) is 0.250. The van der Waals surface area contributed by atoms with Crippen LogP contribution in [0.15, 0.2) is 34.8 Å². The van der Waals surface area contributed by atoms with Crippen molar-refractivity contribution in [3.05, 3.63) is 56.8 Å². The van der Waals surface area contributed by atoms with Gasteiger partial charge in [-0.05, 0) is 46.5 Å². The molecule has 0 aromatic heterocycles. The van der Waals surface area contributed by atoms with Crippen LogP contribution < -0.4 is 10.1 Å². The van der Waals surface area contributed by atoms with E-state index in [1.807, 2.05) is 18.2 Å². The van der Waals surface area contributed by atoms with Crippen LogP contribution >= 0.6 is 27.5 Å². The van der Waals surface area contributed by atoms with Crippen molar-refractivity contribution in [1.82, 2.24) is 0 Å². The predicted octanol–water partition coefficient (Wildman–Crippen LogP) is 5.35. The van der Waals surface area contributed by atoms with Gasteiger partial charge in [0.15, 0.2) is 0 Å². The van der Waals surface area contributed by atoms with Crippen molar-refractivity contribution in [3.8, 4) is 5.75 Å². The second-order valence-electron chi connectivity index (χ2n) is 4.99. The molecule has 1 N–H and O–H groups in total. The van der Waals surface area contributed by atoms with E-state index in [1.54, 1.807) is 13.2 Å². The fourth-order valence-corrected chi connectivity index (χ4v) is 3.42. The van der Waals surface area contributed by atoms with Crippen molar-refractivity contribution in [2.75, 3.05) is 12.4 Å². The second-order valence-corrected chi connectivity index (χ2v) is 6.22. The third-order valence-electron chi connectivity index (χ3n) is 3.78. The molecule has 0 bridgehead atoms. The standard InChI is InChI=1S/C16H14BrClFNO/c1-21-14-8-11(17)15(18)10-6-7-13(20-16(10)14)9-4-2-3-5-12(9)19/h2-5,8,13,20H,6-7H2,1H3. The molecule has 2 nitrogen and oxygen atoms in total. The highest BCUT2D eigenvalue weighted by atomic mass is 79.9. The maximum Gasteiger partial charge on any atom is 0.143 e. The average Bonchev–Trinajstić information content (AvgIpc) is 2.51. The van der Waals surface area contributed by atoms with E-state index in [0.29, 0.717) is 16.3 Å². The zero-order valence-electron chi connectivity index (χ0n) is 11.4. The molecule has 110 valence electrons. The number of nitrogens with one attached hydrogen (secondary N) is 1. The summed E-state index contributed by atoms with van der Waals surface area (Å²) in [6.45, 7) is 0. The summed E-state index contributed by atoms with van der Waals surface area (Å²) < 4.78 is 20.2. The van der Waals surface area contributed by atoms with Crippen LogP contribution in [0.5, 0.6) is 5.75 Å². The summed E-state index contributed by atoms with van der Waals surface area (Å²) in [6, 6.07) is 8.59. The highest BCUT2D eigenvalue weighted by Crippen LogP contribution is 2.45. The zero-order chi connectivity index (χ0) is 15.0. The Morgan fingerprint density at radius 1 is 1.38 bits per heavy atom. The van der Waals surface area contributed by atoms with Crippen LogP contribution in [-0.4, -0.2) is 7.11 Å². The molecule has 21 heavy (non-hydrogen) atoms. The maximum absolute atomic E-state index is 14.0. The molecule has 1 aliphatic rings. The van der Waals surface area contributed by atoms with Gasteiger partial charge in [-0.3, -0.25) is 0 Å². The maximum atomic E-state index is 14.0.